The summed E-state index contributed by atoms with van der Waals surface area (Å²) < 4.78 is 6.54. The van der Waals surface area contributed by atoms with E-state index in [0.29, 0.717) is 23.1 Å². The van der Waals surface area contributed by atoms with Crippen LogP contribution >= 0.6 is 0 Å². The van der Waals surface area contributed by atoms with Gasteiger partial charge in [0, 0.05) is 24.0 Å². The van der Waals surface area contributed by atoms with Gasteiger partial charge in [0.1, 0.15) is 5.69 Å². The van der Waals surface area contributed by atoms with Crippen LogP contribution in [0.4, 0.5) is 0 Å². The number of hydrogen-bond acceptors (Lipinski definition) is 7. The van der Waals surface area contributed by atoms with Crippen LogP contribution in [0.1, 0.15) is 31.3 Å². The summed E-state index contributed by atoms with van der Waals surface area (Å²) in [5.74, 6) is 0.525. The van der Waals surface area contributed by atoms with E-state index in [9.17, 15) is 4.79 Å². The van der Waals surface area contributed by atoms with Crippen LogP contribution in [0.15, 0.2) is 36.8 Å². The minimum atomic E-state index is -0.381. The molecule has 26 heavy (non-hydrogen) atoms. The second-order valence-electron chi connectivity index (χ2n) is 6.56. The summed E-state index contributed by atoms with van der Waals surface area (Å²) in [7, 11) is 1.51. The van der Waals surface area contributed by atoms with Crippen molar-refractivity contribution in [2.45, 2.75) is 26.3 Å². The molecule has 3 heterocycles. The number of methoxy groups -OCH3 is 1. The maximum atomic E-state index is 12.5. The average Bonchev–Trinajstić information content (AvgIpc) is 3.07. The number of carbonyl (C=O) groups excluding carboxylic acids is 1. The third-order valence-corrected chi connectivity index (χ3v) is 3.31. The van der Waals surface area contributed by atoms with Gasteiger partial charge in [-0.2, -0.15) is 5.10 Å². The Bertz CT molecular complexity index is 899. The molecule has 0 aliphatic rings. The van der Waals surface area contributed by atoms with Gasteiger partial charge in [-0.1, -0.05) is 0 Å². The average molecular weight is 353 g/mol. The molecule has 9 nitrogen and oxygen atoms in total. The molecule has 0 radical (unpaired) electrons. The first-order chi connectivity index (χ1) is 12.4. The zero-order valence-electron chi connectivity index (χ0n) is 15.0. The molecule has 134 valence electrons. The smallest absolute Gasteiger partial charge is 0.272 e. The Morgan fingerprint density at radius 3 is 2.58 bits per heavy atom. The molecule has 0 saturated heterocycles. The van der Waals surface area contributed by atoms with E-state index in [1.165, 1.54) is 11.8 Å². The molecule has 9 heteroatoms. The summed E-state index contributed by atoms with van der Waals surface area (Å²) >= 11 is 0. The van der Waals surface area contributed by atoms with E-state index in [1.807, 2.05) is 20.8 Å². The molecule has 3 aromatic rings. The van der Waals surface area contributed by atoms with Crippen molar-refractivity contribution in [1.82, 2.24) is 35.3 Å². The van der Waals surface area contributed by atoms with Crippen molar-refractivity contribution in [3.63, 3.8) is 0 Å². The van der Waals surface area contributed by atoms with Gasteiger partial charge in [0.05, 0.1) is 19.0 Å². The van der Waals surface area contributed by atoms with Crippen molar-refractivity contribution in [1.29, 1.82) is 0 Å². The van der Waals surface area contributed by atoms with Crippen LogP contribution in [0.3, 0.4) is 0 Å². The highest BCUT2D eigenvalue weighted by molar-refractivity contribution is 5.93. The van der Waals surface area contributed by atoms with E-state index in [1.54, 1.807) is 36.8 Å². The maximum absolute atomic E-state index is 12.5. The predicted molar refractivity (Wildman–Crippen MR) is 94.0 cm³/mol. The number of amides is 1. The molecule has 0 saturated carbocycles. The fourth-order valence-electron chi connectivity index (χ4n) is 2.22. The van der Waals surface area contributed by atoms with E-state index in [0.717, 1.165) is 0 Å². The van der Waals surface area contributed by atoms with E-state index < -0.39 is 0 Å². The zero-order chi connectivity index (χ0) is 18.7. The first kappa shape index (κ1) is 17.5. The van der Waals surface area contributed by atoms with E-state index in [-0.39, 0.29) is 17.1 Å². The molecule has 3 aromatic heterocycles. The van der Waals surface area contributed by atoms with Crippen LogP contribution in [0.5, 0.6) is 5.88 Å². The number of carbonyl (C=O) groups is 1. The molecule has 3 rings (SSSR count). The van der Waals surface area contributed by atoms with Gasteiger partial charge in [-0.15, -0.1) is 10.2 Å². The van der Waals surface area contributed by atoms with E-state index in [4.69, 9.17) is 4.74 Å². The first-order valence-electron chi connectivity index (χ1n) is 7.94. The fraction of sp³-hybridized carbons (Fsp3) is 0.294. The quantitative estimate of drug-likeness (QED) is 0.760. The van der Waals surface area contributed by atoms with Crippen molar-refractivity contribution in [3.8, 4) is 23.1 Å². The fourth-order valence-corrected chi connectivity index (χ4v) is 2.22. The van der Waals surface area contributed by atoms with Gasteiger partial charge >= 0.3 is 0 Å². The van der Waals surface area contributed by atoms with Crippen LogP contribution in [-0.4, -0.2) is 48.5 Å². The molecule has 0 aromatic carbocycles. The van der Waals surface area contributed by atoms with Gasteiger partial charge in [-0.25, -0.2) is 4.68 Å². The van der Waals surface area contributed by atoms with Crippen molar-refractivity contribution in [3.05, 3.63) is 42.5 Å². The molecule has 1 N–H and O–H groups in total. The van der Waals surface area contributed by atoms with Crippen LogP contribution in [0.25, 0.3) is 17.2 Å². The van der Waals surface area contributed by atoms with E-state index in [2.05, 4.69) is 30.6 Å². The van der Waals surface area contributed by atoms with Crippen LogP contribution in [0.2, 0.25) is 0 Å². The van der Waals surface area contributed by atoms with Crippen molar-refractivity contribution in [2.75, 3.05) is 7.11 Å². The number of aromatic nitrogens is 6. The first-order valence-corrected chi connectivity index (χ1v) is 7.94. The number of hydrogen-bond donors (Lipinski definition) is 1. The molecular weight excluding hydrogens is 334 g/mol. The SMILES string of the molecule is COc1ccc(-n2nc(C(=O)NC(C)(C)C)cc2-c2cnccn2)nn1. The number of nitrogens with zero attached hydrogens (tertiary/aromatic N) is 6. The van der Waals surface area contributed by atoms with Crippen LogP contribution in [0, 0.1) is 0 Å². The monoisotopic (exact) mass is 353 g/mol. The molecular formula is C17H19N7O2. The topological polar surface area (TPSA) is 108 Å². The summed E-state index contributed by atoms with van der Waals surface area (Å²) in [5.41, 5.74) is 1.01. The summed E-state index contributed by atoms with van der Waals surface area (Å²) in [6, 6.07) is 5.01. The Kier molecular flexibility index (Phi) is 4.61. The second-order valence-corrected chi connectivity index (χ2v) is 6.56. The van der Waals surface area contributed by atoms with Crippen molar-refractivity contribution < 1.29 is 9.53 Å². The van der Waals surface area contributed by atoms with Gasteiger partial charge in [-0.05, 0) is 32.9 Å². The molecule has 0 aliphatic heterocycles. The lowest BCUT2D eigenvalue weighted by molar-refractivity contribution is 0.0914. The van der Waals surface area contributed by atoms with Crippen molar-refractivity contribution >= 4 is 5.91 Å². The molecule has 0 atom stereocenters. The molecule has 0 fully saturated rings. The van der Waals surface area contributed by atoms with Crippen molar-refractivity contribution in [2.24, 2.45) is 0 Å². The third kappa shape index (κ3) is 3.82. The Morgan fingerprint density at radius 1 is 1.19 bits per heavy atom. The number of rotatable bonds is 4. The highest BCUT2D eigenvalue weighted by Gasteiger charge is 2.21. The lowest BCUT2D eigenvalue weighted by atomic mass is 10.1. The third-order valence-electron chi connectivity index (χ3n) is 3.31. The van der Waals surface area contributed by atoms with Gasteiger partial charge in [-0.3, -0.25) is 14.8 Å². The normalized spacial score (nSPS) is 11.2. The molecule has 0 unspecified atom stereocenters. The largest absolute Gasteiger partial charge is 0.480 e. The van der Waals surface area contributed by atoms with Gasteiger partial charge in [0.15, 0.2) is 11.5 Å². The van der Waals surface area contributed by atoms with Gasteiger partial charge in [0.25, 0.3) is 5.91 Å². The molecule has 0 aliphatic carbocycles. The lowest BCUT2D eigenvalue weighted by Crippen LogP contribution is -2.40. The molecule has 1 amide bonds. The Labute approximate surface area is 150 Å². The molecule has 0 bridgehead atoms. The number of nitrogens with one attached hydrogen (secondary N) is 1. The summed E-state index contributed by atoms with van der Waals surface area (Å²) in [6.07, 6.45) is 4.74. The summed E-state index contributed by atoms with van der Waals surface area (Å²) in [6.45, 7) is 5.71. The van der Waals surface area contributed by atoms with Gasteiger partial charge < -0.3 is 10.1 Å². The minimum absolute atomic E-state index is 0.248. The Morgan fingerprint density at radius 2 is 2.00 bits per heavy atom. The van der Waals surface area contributed by atoms with Crippen LogP contribution in [-0.2, 0) is 0 Å². The summed E-state index contributed by atoms with van der Waals surface area (Å²) in [4.78, 5) is 20.9. The minimum Gasteiger partial charge on any atom is -0.480 e. The highest BCUT2D eigenvalue weighted by atomic mass is 16.5. The van der Waals surface area contributed by atoms with E-state index >= 15 is 0 Å². The van der Waals surface area contributed by atoms with Gasteiger partial charge in [0.2, 0.25) is 5.88 Å². The van der Waals surface area contributed by atoms with Crippen LogP contribution < -0.4 is 10.1 Å². The standard InChI is InChI=1S/C17H19N7O2/c1-17(2,3)20-16(25)11-9-13(12-10-18-7-8-19-12)24(23-11)14-5-6-15(26-4)22-21-14/h5-10H,1-4H3,(H,20,25). The molecule has 0 spiro atoms. The lowest BCUT2D eigenvalue weighted by Gasteiger charge is -2.19. The highest BCUT2D eigenvalue weighted by Crippen LogP contribution is 2.21. The predicted octanol–water partition coefficient (Wildman–Crippen LogP) is 1.66. The summed E-state index contributed by atoms with van der Waals surface area (Å²) in [5, 5.41) is 15.3. The Balaban J connectivity index is 2.07. The maximum Gasteiger partial charge on any atom is 0.272 e. The zero-order valence-corrected chi connectivity index (χ0v) is 15.0. The number of ether oxygens (including phenoxy) is 1. The second kappa shape index (κ2) is 6.87. The Hall–Kier alpha value is -3.36.